The number of sulfonamides is 1. The van der Waals surface area contributed by atoms with Gasteiger partial charge in [-0.2, -0.15) is 4.31 Å². The number of nitrogens with zero attached hydrogens (tertiary/aromatic N) is 2. The number of carboxylic acid groups (broad SMARTS) is 1. The molecule has 24 heavy (non-hydrogen) atoms. The summed E-state index contributed by atoms with van der Waals surface area (Å²) in [6, 6.07) is 6.63. The molecule has 7 heteroatoms. The fraction of sp³-hybridized carbons (Fsp3) is 0.412. The Morgan fingerprint density at radius 2 is 1.92 bits per heavy atom. The molecule has 1 aliphatic rings. The van der Waals surface area contributed by atoms with Crippen LogP contribution in [0.15, 0.2) is 35.4 Å². The number of hydrogen-bond acceptors (Lipinski definition) is 4. The lowest BCUT2D eigenvalue weighted by molar-refractivity contribution is -0.147. The highest BCUT2D eigenvalue weighted by molar-refractivity contribution is 7.89. The van der Waals surface area contributed by atoms with Crippen molar-refractivity contribution in [3.63, 3.8) is 0 Å². The van der Waals surface area contributed by atoms with Crippen LogP contribution in [0.2, 0.25) is 0 Å². The third kappa shape index (κ3) is 2.39. The Bertz CT molecular complexity index is 902. The van der Waals surface area contributed by atoms with E-state index >= 15 is 0 Å². The second-order valence-electron chi connectivity index (χ2n) is 6.30. The molecule has 1 heterocycles. The molecule has 0 atom stereocenters. The van der Waals surface area contributed by atoms with Crippen LogP contribution in [0.3, 0.4) is 0 Å². The molecule has 128 valence electrons. The number of fused-ring (bicyclic) bond motifs is 1. The number of carboxylic acids is 1. The zero-order valence-corrected chi connectivity index (χ0v) is 14.5. The number of aliphatic carboxylic acids is 1. The van der Waals surface area contributed by atoms with Crippen LogP contribution in [0.1, 0.15) is 31.2 Å². The van der Waals surface area contributed by atoms with E-state index in [9.17, 15) is 18.3 Å². The minimum atomic E-state index is -3.96. The van der Waals surface area contributed by atoms with Crippen LogP contribution in [0.4, 0.5) is 0 Å². The number of carbonyl (C=O) groups is 1. The zero-order chi connectivity index (χ0) is 17.5. The largest absolute Gasteiger partial charge is 0.480 e. The normalized spacial score (nSPS) is 17.5. The van der Waals surface area contributed by atoms with Crippen molar-refractivity contribution in [1.29, 1.82) is 0 Å². The van der Waals surface area contributed by atoms with Crippen LogP contribution in [-0.4, -0.2) is 41.4 Å². The van der Waals surface area contributed by atoms with Crippen LogP contribution in [-0.2, 0) is 14.8 Å². The summed E-state index contributed by atoms with van der Waals surface area (Å²) in [5.74, 6) is -1.08. The SMILES string of the molecule is Cc1ccc(S(=O)(=O)N(C)C2(C(=O)O)CCCC2)c2cccnc12. The summed E-state index contributed by atoms with van der Waals surface area (Å²) in [5.41, 5.74) is 0.127. The highest BCUT2D eigenvalue weighted by Crippen LogP contribution is 2.39. The number of hydrogen-bond donors (Lipinski definition) is 1. The predicted molar refractivity (Wildman–Crippen MR) is 90.3 cm³/mol. The number of aromatic nitrogens is 1. The lowest BCUT2D eigenvalue weighted by Crippen LogP contribution is -2.53. The second kappa shape index (κ2) is 5.82. The van der Waals surface area contributed by atoms with Crippen molar-refractivity contribution in [2.45, 2.75) is 43.0 Å². The van der Waals surface area contributed by atoms with Crippen LogP contribution in [0.5, 0.6) is 0 Å². The van der Waals surface area contributed by atoms with E-state index in [2.05, 4.69) is 4.98 Å². The monoisotopic (exact) mass is 348 g/mol. The summed E-state index contributed by atoms with van der Waals surface area (Å²) in [6.07, 6.45) is 3.70. The first-order chi connectivity index (χ1) is 11.3. The molecule has 0 saturated heterocycles. The van der Waals surface area contributed by atoms with E-state index in [4.69, 9.17) is 0 Å². The summed E-state index contributed by atoms with van der Waals surface area (Å²) >= 11 is 0. The fourth-order valence-corrected chi connectivity index (χ4v) is 5.21. The van der Waals surface area contributed by atoms with E-state index in [1.165, 1.54) is 13.1 Å². The van der Waals surface area contributed by atoms with Crippen molar-refractivity contribution < 1.29 is 18.3 Å². The Labute approximate surface area is 141 Å². The Hall–Kier alpha value is -1.99. The molecular weight excluding hydrogens is 328 g/mol. The van der Waals surface area contributed by atoms with Crippen LogP contribution in [0, 0.1) is 6.92 Å². The van der Waals surface area contributed by atoms with Crippen LogP contribution in [0.25, 0.3) is 10.9 Å². The van der Waals surface area contributed by atoms with Crippen molar-refractivity contribution in [3.05, 3.63) is 36.0 Å². The molecule has 3 rings (SSSR count). The lowest BCUT2D eigenvalue weighted by Gasteiger charge is -2.34. The van der Waals surface area contributed by atoms with Crippen LogP contribution >= 0.6 is 0 Å². The van der Waals surface area contributed by atoms with E-state index < -0.39 is 21.5 Å². The Morgan fingerprint density at radius 1 is 1.25 bits per heavy atom. The highest BCUT2D eigenvalue weighted by atomic mass is 32.2. The molecule has 1 fully saturated rings. The van der Waals surface area contributed by atoms with Gasteiger partial charge in [0.05, 0.1) is 10.4 Å². The lowest BCUT2D eigenvalue weighted by atomic mass is 9.98. The van der Waals surface area contributed by atoms with E-state index in [1.807, 2.05) is 6.92 Å². The van der Waals surface area contributed by atoms with Gasteiger partial charge in [-0.05, 0) is 43.5 Å². The maximum Gasteiger partial charge on any atom is 0.325 e. The molecule has 0 radical (unpaired) electrons. The van der Waals surface area contributed by atoms with E-state index in [-0.39, 0.29) is 4.90 Å². The molecule has 0 amide bonds. The molecule has 0 aliphatic heterocycles. The van der Waals surface area contributed by atoms with Gasteiger partial charge in [-0.3, -0.25) is 9.78 Å². The smallest absolute Gasteiger partial charge is 0.325 e. The first-order valence-corrected chi connectivity index (χ1v) is 9.31. The number of pyridine rings is 1. The average Bonchev–Trinajstić information content (AvgIpc) is 3.05. The maximum atomic E-state index is 13.2. The average molecular weight is 348 g/mol. The van der Waals surface area contributed by atoms with Crippen molar-refractivity contribution >= 4 is 26.9 Å². The van der Waals surface area contributed by atoms with Crippen LogP contribution < -0.4 is 0 Å². The van der Waals surface area contributed by atoms with Crippen molar-refractivity contribution in [1.82, 2.24) is 9.29 Å². The number of likely N-dealkylation sites (N-methyl/N-ethyl adjacent to an activating group) is 1. The van der Waals surface area contributed by atoms with Gasteiger partial charge < -0.3 is 5.11 Å². The van der Waals surface area contributed by atoms with E-state index in [0.717, 1.165) is 9.87 Å². The Morgan fingerprint density at radius 3 is 2.54 bits per heavy atom. The molecule has 0 unspecified atom stereocenters. The minimum Gasteiger partial charge on any atom is -0.480 e. The maximum absolute atomic E-state index is 13.2. The molecule has 1 saturated carbocycles. The molecule has 1 N–H and O–H groups in total. The third-order valence-corrected chi connectivity index (χ3v) is 6.98. The summed E-state index contributed by atoms with van der Waals surface area (Å²) < 4.78 is 27.4. The molecule has 2 aromatic rings. The molecule has 1 aromatic carbocycles. The number of rotatable bonds is 4. The number of aryl methyl sites for hydroxylation is 1. The molecule has 1 aromatic heterocycles. The second-order valence-corrected chi connectivity index (χ2v) is 8.23. The Balaban J connectivity index is 2.18. The van der Waals surface area contributed by atoms with Gasteiger partial charge in [0.25, 0.3) is 0 Å². The summed E-state index contributed by atoms with van der Waals surface area (Å²) in [5, 5.41) is 10.2. The summed E-state index contributed by atoms with van der Waals surface area (Å²) in [6.45, 7) is 1.87. The molecule has 0 spiro atoms. The zero-order valence-electron chi connectivity index (χ0n) is 13.7. The molecule has 1 aliphatic carbocycles. The number of benzene rings is 1. The quantitative estimate of drug-likeness (QED) is 0.917. The molecule has 6 nitrogen and oxygen atoms in total. The van der Waals surface area contributed by atoms with E-state index in [1.54, 1.807) is 24.4 Å². The van der Waals surface area contributed by atoms with Crippen molar-refractivity contribution in [2.75, 3.05) is 7.05 Å². The fourth-order valence-electron chi connectivity index (χ4n) is 3.51. The molecular formula is C17H20N2O4S. The topological polar surface area (TPSA) is 87.6 Å². The first-order valence-electron chi connectivity index (χ1n) is 7.87. The minimum absolute atomic E-state index is 0.103. The summed E-state index contributed by atoms with van der Waals surface area (Å²) in [4.78, 5) is 16.2. The van der Waals surface area contributed by atoms with Gasteiger partial charge in [0, 0.05) is 18.6 Å². The van der Waals surface area contributed by atoms with Crippen molar-refractivity contribution in [3.8, 4) is 0 Å². The van der Waals surface area contributed by atoms with Gasteiger partial charge in [0.15, 0.2) is 0 Å². The van der Waals surface area contributed by atoms with Gasteiger partial charge in [-0.1, -0.05) is 18.9 Å². The predicted octanol–water partition coefficient (Wildman–Crippen LogP) is 2.56. The Kier molecular flexibility index (Phi) is 4.09. The first kappa shape index (κ1) is 16.9. The molecule has 0 bridgehead atoms. The summed E-state index contributed by atoms with van der Waals surface area (Å²) in [7, 11) is -2.58. The van der Waals surface area contributed by atoms with Gasteiger partial charge in [-0.15, -0.1) is 0 Å². The van der Waals surface area contributed by atoms with Gasteiger partial charge in [0.2, 0.25) is 10.0 Å². The van der Waals surface area contributed by atoms with E-state index in [0.29, 0.717) is 36.6 Å². The standard InChI is InChI=1S/C17H20N2O4S/c1-12-7-8-14(13-6-5-11-18-15(12)13)24(22,23)19(2)17(16(20)21)9-3-4-10-17/h5-8,11H,3-4,9-10H2,1-2H3,(H,20,21). The van der Waals surface area contributed by atoms with Gasteiger partial charge >= 0.3 is 5.97 Å². The van der Waals surface area contributed by atoms with Crippen molar-refractivity contribution in [2.24, 2.45) is 0 Å². The van der Waals surface area contributed by atoms with Gasteiger partial charge in [-0.25, -0.2) is 8.42 Å². The third-order valence-electron chi connectivity index (χ3n) is 5.00. The van der Waals surface area contributed by atoms with Gasteiger partial charge in [0.1, 0.15) is 5.54 Å². The highest BCUT2D eigenvalue weighted by Gasteiger charge is 2.50.